The molecule has 3 aromatic carbocycles. The van der Waals surface area contributed by atoms with E-state index >= 15 is 0 Å². The first-order valence-corrected chi connectivity index (χ1v) is 12.1. The maximum atomic E-state index is 13.4. The van der Waals surface area contributed by atoms with Crippen LogP contribution in [0.2, 0.25) is 0 Å². The van der Waals surface area contributed by atoms with Crippen molar-refractivity contribution in [2.24, 2.45) is 0 Å². The van der Waals surface area contributed by atoms with Crippen molar-refractivity contribution in [2.75, 3.05) is 41.5 Å². The van der Waals surface area contributed by atoms with E-state index in [0.717, 1.165) is 16.7 Å². The van der Waals surface area contributed by atoms with Crippen molar-refractivity contribution in [2.45, 2.75) is 18.9 Å². The van der Waals surface area contributed by atoms with Crippen LogP contribution in [0.5, 0.6) is 23.0 Å². The zero-order valence-corrected chi connectivity index (χ0v) is 21.6. The summed E-state index contributed by atoms with van der Waals surface area (Å²) in [5.41, 5.74) is 3.28. The molecule has 194 valence electrons. The number of fused-ring (bicyclic) bond motifs is 1. The Labute approximate surface area is 217 Å². The Hall–Kier alpha value is -4.20. The van der Waals surface area contributed by atoms with E-state index < -0.39 is 6.04 Å². The van der Waals surface area contributed by atoms with Crippen LogP contribution in [0.15, 0.2) is 60.7 Å². The molecule has 2 amide bonds. The number of ether oxygens (including phenoxy) is 4. The first-order valence-electron chi connectivity index (χ1n) is 12.1. The number of hydrogen-bond acceptors (Lipinski definition) is 6. The average molecular weight is 505 g/mol. The van der Waals surface area contributed by atoms with E-state index in [2.05, 4.69) is 5.32 Å². The van der Waals surface area contributed by atoms with Crippen LogP contribution in [0.3, 0.4) is 0 Å². The van der Waals surface area contributed by atoms with Crippen LogP contribution >= 0.6 is 0 Å². The third kappa shape index (κ3) is 5.48. The predicted octanol–water partition coefficient (Wildman–Crippen LogP) is 3.82. The smallest absolute Gasteiger partial charge is 0.255 e. The minimum Gasteiger partial charge on any atom is -0.493 e. The minimum absolute atomic E-state index is 0.142. The second-order valence-corrected chi connectivity index (χ2v) is 8.66. The second-order valence-electron chi connectivity index (χ2n) is 8.66. The van der Waals surface area contributed by atoms with Gasteiger partial charge in [0.2, 0.25) is 5.91 Å². The molecule has 0 radical (unpaired) electrons. The van der Waals surface area contributed by atoms with Gasteiger partial charge >= 0.3 is 0 Å². The highest BCUT2D eigenvalue weighted by Gasteiger charge is 2.40. The fourth-order valence-electron chi connectivity index (χ4n) is 4.63. The zero-order valence-electron chi connectivity index (χ0n) is 21.6. The molecule has 0 bridgehead atoms. The van der Waals surface area contributed by atoms with Gasteiger partial charge in [0.1, 0.15) is 6.04 Å². The monoisotopic (exact) mass is 504 g/mol. The van der Waals surface area contributed by atoms with Crippen molar-refractivity contribution in [1.82, 2.24) is 10.2 Å². The Morgan fingerprint density at radius 2 is 1.35 bits per heavy atom. The molecule has 0 unspecified atom stereocenters. The summed E-state index contributed by atoms with van der Waals surface area (Å²) < 4.78 is 21.4. The number of hydrogen-bond donors (Lipinski definition) is 1. The number of carbonyl (C=O) groups is 2. The first-order chi connectivity index (χ1) is 18.0. The molecule has 0 aromatic heterocycles. The Morgan fingerprint density at radius 1 is 0.784 bits per heavy atom. The summed E-state index contributed by atoms with van der Waals surface area (Å²) in [7, 11) is 6.36. The topological polar surface area (TPSA) is 86.3 Å². The van der Waals surface area contributed by atoms with Gasteiger partial charge in [0.25, 0.3) is 5.91 Å². The van der Waals surface area contributed by atoms with Gasteiger partial charge in [0.05, 0.1) is 28.4 Å². The summed E-state index contributed by atoms with van der Waals surface area (Å²) in [6.07, 6.45) is 1.18. The highest BCUT2D eigenvalue weighted by molar-refractivity contribution is 6.04. The highest BCUT2D eigenvalue weighted by Crippen LogP contribution is 2.34. The van der Waals surface area contributed by atoms with Gasteiger partial charge < -0.3 is 29.2 Å². The molecule has 0 spiro atoms. The van der Waals surface area contributed by atoms with Crippen molar-refractivity contribution in [1.29, 1.82) is 0 Å². The lowest BCUT2D eigenvalue weighted by molar-refractivity contribution is -0.125. The molecular formula is C29H32N2O6. The van der Waals surface area contributed by atoms with E-state index in [-0.39, 0.29) is 11.8 Å². The van der Waals surface area contributed by atoms with Crippen molar-refractivity contribution >= 4 is 11.8 Å². The summed E-state index contributed by atoms with van der Waals surface area (Å²) in [4.78, 5) is 28.3. The lowest BCUT2D eigenvalue weighted by Gasteiger charge is -2.25. The largest absolute Gasteiger partial charge is 0.493 e. The molecule has 4 rings (SSSR count). The third-order valence-corrected chi connectivity index (χ3v) is 6.56. The van der Waals surface area contributed by atoms with Gasteiger partial charge in [-0.05, 0) is 59.9 Å². The van der Waals surface area contributed by atoms with Gasteiger partial charge in [-0.25, -0.2) is 0 Å². The van der Waals surface area contributed by atoms with E-state index in [1.807, 2.05) is 54.6 Å². The molecule has 37 heavy (non-hydrogen) atoms. The predicted molar refractivity (Wildman–Crippen MR) is 140 cm³/mol. The van der Waals surface area contributed by atoms with Crippen LogP contribution in [0.1, 0.15) is 33.1 Å². The van der Waals surface area contributed by atoms with Crippen LogP contribution in [0, 0.1) is 0 Å². The van der Waals surface area contributed by atoms with Crippen LogP contribution in [0.4, 0.5) is 0 Å². The fourth-order valence-corrected chi connectivity index (χ4v) is 4.63. The maximum absolute atomic E-state index is 13.4. The number of nitrogens with zero attached hydrogens (tertiary/aromatic N) is 1. The summed E-state index contributed by atoms with van der Waals surface area (Å²) in [6.45, 7) is 0.807. The molecule has 1 aliphatic rings. The van der Waals surface area contributed by atoms with Crippen LogP contribution in [-0.4, -0.2) is 58.2 Å². The Kier molecular flexibility index (Phi) is 8.18. The first kappa shape index (κ1) is 25.9. The number of nitrogens with one attached hydrogen (secondary N) is 1. The van der Waals surface area contributed by atoms with E-state index in [0.29, 0.717) is 54.5 Å². The van der Waals surface area contributed by atoms with E-state index in [1.54, 1.807) is 39.4 Å². The molecule has 3 aromatic rings. The van der Waals surface area contributed by atoms with Gasteiger partial charge in [-0.2, -0.15) is 0 Å². The molecule has 1 N–H and O–H groups in total. The lowest BCUT2D eigenvalue weighted by Crippen LogP contribution is -2.40. The summed E-state index contributed by atoms with van der Waals surface area (Å²) in [6, 6.07) is 18.0. The van der Waals surface area contributed by atoms with Gasteiger partial charge in [0, 0.05) is 18.7 Å². The number of methoxy groups -OCH3 is 4. The summed E-state index contributed by atoms with van der Waals surface area (Å²) in [5.74, 6) is 2.22. The molecule has 0 fully saturated rings. The number of carbonyl (C=O) groups excluding carboxylic acids is 2. The molecule has 0 saturated heterocycles. The van der Waals surface area contributed by atoms with Gasteiger partial charge in [-0.3, -0.25) is 9.59 Å². The fraction of sp³-hybridized carbons (Fsp3) is 0.310. The van der Waals surface area contributed by atoms with Crippen molar-refractivity contribution < 1.29 is 28.5 Å². The van der Waals surface area contributed by atoms with E-state index in [4.69, 9.17) is 18.9 Å². The van der Waals surface area contributed by atoms with Crippen LogP contribution in [-0.2, 0) is 17.6 Å². The van der Waals surface area contributed by atoms with Crippen LogP contribution in [0.25, 0.3) is 0 Å². The second kappa shape index (κ2) is 11.7. The Balaban J connectivity index is 1.46. The summed E-state index contributed by atoms with van der Waals surface area (Å²) >= 11 is 0. The molecule has 1 aliphatic heterocycles. The minimum atomic E-state index is -0.686. The molecule has 0 aliphatic carbocycles. The van der Waals surface area contributed by atoms with Gasteiger partial charge in [0.15, 0.2) is 23.0 Å². The Morgan fingerprint density at radius 3 is 1.95 bits per heavy atom. The van der Waals surface area contributed by atoms with Crippen molar-refractivity contribution in [3.63, 3.8) is 0 Å². The average Bonchev–Trinajstić information content (AvgIpc) is 3.22. The normalized spacial score (nSPS) is 14.2. The van der Waals surface area contributed by atoms with Crippen LogP contribution < -0.4 is 24.3 Å². The summed E-state index contributed by atoms with van der Waals surface area (Å²) in [5, 5.41) is 3.02. The molecule has 1 atom stereocenters. The molecule has 1 heterocycles. The Bertz CT molecular complexity index is 1280. The quantitative estimate of drug-likeness (QED) is 0.427. The van der Waals surface area contributed by atoms with Gasteiger partial charge in [-0.15, -0.1) is 0 Å². The zero-order chi connectivity index (χ0) is 26.4. The maximum Gasteiger partial charge on any atom is 0.255 e. The molecule has 8 heteroatoms. The molecule has 8 nitrogen and oxygen atoms in total. The van der Waals surface area contributed by atoms with Crippen molar-refractivity contribution in [3.8, 4) is 23.0 Å². The van der Waals surface area contributed by atoms with Gasteiger partial charge in [-0.1, -0.05) is 30.3 Å². The lowest BCUT2D eigenvalue weighted by atomic mass is 10.0. The SMILES string of the molecule is COc1ccc(CCNC(=O)[C@@H]2c3ccccc3C(=O)N2CCc2ccc(OC)c(OC)c2)cc1OC. The third-order valence-electron chi connectivity index (χ3n) is 6.56. The molecular weight excluding hydrogens is 472 g/mol. The standard InChI is InChI=1S/C29H32N2O6/c1-34-23-11-9-19(17-25(23)36-3)13-15-30-28(32)27-21-7-5-6-8-22(21)29(33)31(27)16-14-20-10-12-24(35-2)26(18-20)37-4/h5-12,17-18,27H,13-16H2,1-4H3,(H,30,32)/t27-/m0/s1. The van der Waals surface area contributed by atoms with E-state index in [9.17, 15) is 9.59 Å². The van der Waals surface area contributed by atoms with E-state index in [1.165, 1.54) is 0 Å². The molecule has 0 saturated carbocycles. The number of benzene rings is 3. The number of rotatable bonds is 11. The number of amides is 2. The highest BCUT2D eigenvalue weighted by atomic mass is 16.5. The van der Waals surface area contributed by atoms with Crippen molar-refractivity contribution in [3.05, 3.63) is 82.9 Å².